The van der Waals surface area contributed by atoms with Crippen molar-refractivity contribution in [2.75, 3.05) is 6.61 Å². The molecule has 0 bridgehead atoms. The highest BCUT2D eigenvalue weighted by Crippen LogP contribution is 2.45. The minimum absolute atomic E-state index is 0.509. The third-order valence-electron chi connectivity index (χ3n) is 5.60. The molecule has 2 aliphatic rings. The first-order valence-corrected chi connectivity index (χ1v) is 14.0. The summed E-state index contributed by atoms with van der Waals surface area (Å²) >= 11 is 0. The molecule has 0 radical (unpaired) electrons. The average molecular weight is 605 g/mol. The van der Waals surface area contributed by atoms with Crippen LogP contribution < -0.4 is 15.5 Å². The van der Waals surface area contributed by atoms with E-state index in [0.29, 0.717) is 4.90 Å². The Kier molecular flexibility index (Phi) is 11.5. The first-order chi connectivity index (χ1) is 18.4. The summed E-state index contributed by atoms with van der Waals surface area (Å²) in [6, 6.07) is -3.83. The van der Waals surface area contributed by atoms with Crippen LogP contribution in [0.1, 0.15) is 41.5 Å². The summed E-state index contributed by atoms with van der Waals surface area (Å²) in [6.07, 6.45) is -11.6. The number of amides is 2. The second kappa shape index (κ2) is 13.6. The monoisotopic (exact) mass is 604 g/mol. The molecule has 0 saturated carbocycles. The van der Waals surface area contributed by atoms with Crippen LogP contribution in [0.25, 0.3) is 0 Å². The third kappa shape index (κ3) is 8.15. The quantitative estimate of drug-likeness (QED) is 0.148. The van der Waals surface area contributed by atoms with Crippen LogP contribution in [0.3, 0.4) is 0 Å². The van der Waals surface area contributed by atoms with E-state index in [1.807, 2.05) is 5.32 Å². The molecule has 0 unspecified atom stereocenters. The summed E-state index contributed by atoms with van der Waals surface area (Å²) in [5, 5.41) is 26.5. The smallest absolute Gasteiger partial charge is 0.342 e. The Morgan fingerprint density at radius 2 is 1.60 bits per heavy atom. The molecule has 2 aliphatic heterocycles. The van der Waals surface area contributed by atoms with Crippen molar-refractivity contribution in [3.05, 3.63) is 12.3 Å². The summed E-state index contributed by atoms with van der Waals surface area (Å²) in [6.45, 7) is 7.24. The van der Waals surface area contributed by atoms with Crippen LogP contribution >= 0.6 is 7.67 Å². The maximum atomic E-state index is 15.1. The van der Waals surface area contributed by atoms with Crippen molar-refractivity contribution in [2.45, 2.75) is 103 Å². The van der Waals surface area contributed by atoms with Gasteiger partial charge >= 0.3 is 25.6 Å². The Morgan fingerprint density at radius 1 is 1.10 bits per heavy atom. The average Bonchev–Trinajstić information content (AvgIpc) is 3.08. The van der Waals surface area contributed by atoms with E-state index in [0.717, 1.165) is 12.3 Å². The molecule has 230 valence electrons. The second-order valence-electron chi connectivity index (χ2n) is 9.79. The van der Waals surface area contributed by atoms with Crippen LogP contribution in [0, 0.1) is 0 Å². The minimum atomic E-state index is -4.67. The zero-order chi connectivity index (χ0) is 30.6. The van der Waals surface area contributed by atoms with Crippen molar-refractivity contribution in [3.8, 4) is 0 Å². The molecule has 2 amide bonds. The fourth-order valence-corrected chi connectivity index (χ4v) is 5.47. The summed E-state index contributed by atoms with van der Waals surface area (Å²) in [5.41, 5.74) is -3.16. The summed E-state index contributed by atoms with van der Waals surface area (Å²) in [5.74, 6) is -1.79. The first-order valence-electron chi connectivity index (χ1n) is 12.4. The van der Waals surface area contributed by atoms with Crippen LogP contribution in [0.5, 0.6) is 0 Å². The Balaban J connectivity index is 2.34. The Morgan fingerprint density at radius 3 is 2.02 bits per heavy atom. The van der Waals surface area contributed by atoms with Gasteiger partial charge in [-0.3, -0.25) is 19.1 Å². The SMILES string of the molecule is CC(C)OC(=O)[C@H](C)NP(=O)(N[C@@H](C)C(=O)OC(C)C)OC[C@@]1(C(F)F)O[C@@H](N2C=C[C@H](O)NC2=O)[C@@H](F)[C@@H]1O. The van der Waals surface area contributed by atoms with Crippen molar-refractivity contribution in [1.29, 1.82) is 0 Å². The molecule has 5 N–H and O–H groups in total. The van der Waals surface area contributed by atoms with Crippen molar-refractivity contribution in [1.82, 2.24) is 20.4 Å². The number of carbonyl (C=O) groups is 3. The molecule has 18 heteroatoms. The topological polar surface area (TPSA) is 185 Å². The van der Waals surface area contributed by atoms with Gasteiger partial charge in [-0.25, -0.2) is 28.1 Å². The number of hydrogen-bond donors (Lipinski definition) is 5. The number of halogens is 3. The second-order valence-corrected chi connectivity index (χ2v) is 11.7. The van der Waals surface area contributed by atoms with E-state index in [-0.39, 0.29) is 0 Å². The molecule has 0 aromatic rings. The number of rotatable bonds is 13. The Labute approximate surface area is 229 Å². The standard InChI is InChI=1S/C22H36F3N4O10P/c1-10(2)37-18(32)12(5)27-40(35,28-13(6)19(33)38-11(3)4)36-9-22(20(24)25)16(31)15(23)17(39-22)29-8-7-14(30)26-21(29)34/h7-8,10-17,20,30-31H,9H2,1-6H3,(H,26,34)(H2,27,28,35)/t12-,13-,14-,15-,16-,17+,22+/m0/s1. The van der Waals surface area contributed by atoms with Crippen LogP contribution in [-0.4, -0.2) is 101 Å². The molecule has 0 aromatic carbocycles. The van der Waals surface area contributed by atoms with Gasteiger partial charge in [0.2, 0.25) is 0 Å². The van der Waals surface area contributed by atoms with Crippen LogP contribution in [0.4, 0.5) is 18.0 Å². The van der Waals surface area contributed by atoms with Crippen LogP contribution in [0.2, 0.25) is 0 Å². The lowest BCUT2D eigenvalue weighted by Crippen LogP contribution is -2.53. The molecule has 1 saturated heterocycles. The predicted octanol–water partition coefficient (Wildman–Crippen LogP) is 0.887. The van der Waals surface area contributed by atoms with Gasteiger partial charge in [0.15, 0.2) is 18.0 Å². The highest BCUT2D eigenvalue weighted by Gasteiger charge is 2.63. The lowest BCUT2D eigenvalue weighted by atomic mass is 9.97. The predicted molar refractivity (Wildman–Crippen MR) is 131 cm³/mol. The van der Waals surface area contributed by atoms with E-state index in [9.17, 15) is 37.9 Å². The summed E-state index contributed by atoms with van der Waals surface area (Å²) in [7, 11) is -4.67. The number of aliphatic hydroxyl groups excluding tert-OH is 2. The minimum Gasteiger partial charge on any atom is -0.462 e. The largest absolute Gasteiger partial charge is 0.462 e. The van der Waals surface area contributed by atoms with Crippen molar-refractivity contribution in [3.63, 3.8) is 0 Å². The van der Waals surface area contributed by atoms with E-state index >= 15 is 4.39 Å². The lowest BCUT2D eigenvalue weighted by molar-refractivity contribution is -0.193. The van der Waals surface area contributed by atoms with E-state index < -0.39 is 93.3 Å². The lowest BCUT2D eigenvalue weighted by Gasteiger charge is -2.34. The number of urea groups is 1. The highest BCUT2D eigenvalue weighted by atomic mass is 31.2. The van der Waals surface area contributed by atoms with Gasteiger partial charge in [-0.15, -0.1) is 0 Å². The van der Waals surface area contributed by atoms with Gasteiger partial charge in [0.25, 0.3) is 6.43 Å². The molecule has 0 spiro atoms. The molecule has 40 heavy (non-hydrogen) atoms. The van der Waals surface area contributed by atoms with Gasteiger partial charge in [0.05, 0.1) is 18.8 Å². The highest BCUT2D eigenvalue weighted by molar-refractivity contribution is 7.54. The maximum Gasteiger partial charge on any atom is 0.342 e. The van der Waals surface area contributed by atoms with Gasteiger partial charge in [0.1, 0.15) is 24.4 Å². The van der Waals surface area contributed by atoms with E-state index in [1.54, 1.807) is 27.7 Å². The molecular formula is C22H36F3N4O10P. The number of nitrogens with zero attached hydrogens (tertiary/aromatic N) is 1. The van der Waals surface area contributed by atoms with Crippen molar-refractivity contribution in [2.24, 2.45) is 0 Å². The summed E-state index contributed by atoms with van der Waals surface area (Å²) in [4.78, 5) is 37.3. The maximum absolute atomic E-state index is 15.1. The van der Waals surface area contributed by atoms with Gasteiger partial charge in [-0.2, -0.15) is 0 Å². The normalized spacial score (nSPS) is 28.6. The number of ether oxygens (including phenoxy) is 3. The number of nitrogens with one attached hydrogen (secondary N) is 3. The molecule has 0 aliphatic carbocycles. The van der Waals surface area contributed by atoms with E-state index in [2.05, 4.69) is 10.2 Å². The Bertz CT molecular complexity index is 972. The molecule has 0 aromatic heterocycles. The third-order valence-corrected chi connectivity index (χ3v) is 7.55. The summed E-state index contributed by atoms with van der Waals surface area (Å²) < 4.78 is 78.0. The number of aliphatic hydroxyl groups is 2. The number of esters is 2. The van der Waals surface area contributed by atoms with Gasteiger partial charge in [0, 0.05) is 6.20 Å². The molecular weight excluding hydrogens is 568 g/mol. The number of hydrogen-bond acceptors (Lipinski definition) is 10. The molecule has 14 nitrogen and oxygen atoms in total. The van der Waals surface area contributed by atoms with Gasteiger partial charge in [-0.05, 0) is 47.6 Å². The number of alkyl halides is 3. The molecule has 2 rings (SSSR count). The first kappa shape index (κ1) is 33.9. The van der Waals surface area contributed by atoms with Gasteiger partial charge < -0.3 is 34.3 Å². The fourth-order valence-electron chi connectivity index (χ4n) is 3.64. The van der Waals surface area contributed by atoms with E-state index in [1.165, 1.54) is 13.8 Å². The van der Waals surface area contributed by atoms with Gasteiger partial charge in [-0.1, -0.05) is 0 Å². The Hall–Kier alpha value is -2.27. The van der Waals surface area contributed by atoms with Crippen LogP contribution in [0.15, 0.2) is 12.3 Å². The zero-order valence-electron chi connectivity index (χ0n) is 22.7. The molecule has 7 atom stereocenters. The van der Waals surface area contributed by atoms with E-state index in [4.69, 9.17) is 18.7 Å². The molecule has 1 fully saturated rings. The van der Waals surface area contributed by atoms with Crippen molar-refractivity contribution < 1.29 is 61.1 Å². The van der Waals surface area contributed by atoms with Crippen LogP contribution in [-0.2, 0) is 32.9 Å². The zero-order valence-corrected chi connectivity index (χ0v) is 23.6. The number of carbonyl (C=O) groups excluding carboxylic acids is 3. The van der Waals surface area contributed by atoms with Crippen molar-refractivity contribution >= 4 is 25.6 Å². The fraction of sp³-hybridized carbons (Fsp3) is 0.773. The molecule has 2 heterocycles.